The van der Waals surface area contributed by atoms with E-state index in [1.54, 1.807) is 6.08 Å². The number of rotatable bonds is 5. The number of hydrogen-bond donors (Lipinski definition) is 4. The van der Waals surface area contributed by atoms with Gasteiger partial charge in [-0.15, -0.1) is 0 Å². The summed E-state index contributed by atoms with van der Waals surface area (Å²) in [6.07, 6.45) is 2.12. The molecule has 32 heavy (non-hydrogen) atoms. The second-order valence-corrected chi connectivity index (χ2v) is 8.15. The minimum Gasteiger partial charge on any atom is -0.384 e. The number of hydrogen-bond acceptors (Lipinski definition) is 8. The van der Waals surface area contributed by atoms with Gasteiger partial charge in [-0.25, -0.2) is 4.99 Å². The number of piperazine rings is 1. The summed E-state index contributed by atoms with van der Waals surface area (Å²) in [5, 5.41) is 10.9. The molecule has 5 rings (SSSR count). The SMILES string of the molecule is NC1=NC(N)(Cc2cc(-c3ccccc3)no2)NC(c2ccc(N3CCNCC3)cc2)=C1. The summed E-state index contributed by atoms with van der Waals surface area (Å²) in [6.45, 7) is 4.03. The predicted molar refractivity (Wildman–Crippen MR) is 127 cm³/mol. The molecule has 8 nitrogen and oxygen atoms in total. The maximum atomic E-state index is 6.58. The molecule has 2 aliphatic rings. The zero-order chi connectivity index (χ0) is 22.0. The molecule has 164 valence electrons. The first kappa shape index (κ1) is 20.3. The van der Waals surface area contributed by atoms with Crippen molar-refractivity contribution in [3.05, 3.63) is 78.1 Å². The first-order valence-electron chi connectivity index (χ1n) is 10.8. The van der Waals surface area contributed by atoms with Crippen LogP contribution in [-0.4, -0.2) is 43.0 Å². The molecule has 1 fully saturated rings. The van der Waals surface area contributed by atoms with Gasteiger partial charge in [0.1, 0.15) is 17.3 Å². The van der Waals surface area contributed by atoms with Gasteiger partial charge in [0.05, 0.1) is 6.42 Å². The lowest BCUT2D eigenvalue weighted by Gasteiger charge is -2.32. The molecule has 0 radical (unpaired) electrons. The van der Waals surface area contributed by atoms with Crippen LogP contribution >= 0.6 is 0 Å². The summed E-state index contributed by atoms with van der Waals surface area (Å²) in [7, 11) is 0. The molecule has 2 aliphatic heterocycles. The van der Waals surface area contributed by atoms with Gasteiger partial charge in [-0.1, -0.05) is 47.6 Å². The van der Waals surface area contributed by atoms with Crippen molar-refractivity contribution in [3.8, 4) is 11.3 Å². The Hall–Kier alpha value is -3.62. The molecule has 1 saturated heterocycles. The number of aliphatic imine (C=N–C) groups is 1. The summed E-state index contributed by atoms with van der Waals surface area (Å²) < 4.78 is 5.54. The Kier molecular flexibility index (Phi) is 5.38. The quantitative estimate of drug-likeness (QED) is 0.489. The maximum Gasteiger partial charge on any atom is 0.191 e. The van der Waals surface area contributed by atoms with Crippen molar-refractivity contribution >= 4 is 17.2 Å². The van der Waals surface area contributed by atoms with E-state index in [2.05, 4.69) is 49.9 Å². The molecule has 6 N–H and O–H groups in total. The molecule has 0 aliphatic carbocycles. The molecule has 1 atom stereocenters. The fraction of sp³-hybridized carbons (Fsp3) is 0.250. The molecule has 0 amide bonds. The highest BCUT2D eigenvalue weighted by molar-refractivity contribution is 5.99. The molecule has 1 unspecified atom stereocenters. The number of aromatic nitrogens is 1. The average molecular weight is 430 g/mol. The monoisotopic (exact) mass is 429 g/mol. The summed E-state index contributed by atoms with van der Waals surface area (Å²) >= 11 is 0. The van der Waals surface area contributed by atoms with Crippen molar-refractivity contribution in [1.82, 2.24) is 15.8 Å². The Balaban J connectivity index is 1.32. The van der Waals surface area contributed by atoms with Crippen LogP contribution < -0.4 is 27.0 Å². The van der Waals surface area contributed by atoms with Crippen molar-refractivity contribution in [2.45, 2.75) is 12.2 Å². The molecule has 3 heterocycles. The zero-order valence-corrected chi connectivity index (χ0v) is 17.8. The van der Waals surface area contributed by atoms with Crippen molar-refractivity contribution in [2.24, 2.45) is 16.5 Å². The lowest BCUT2D eigenvalue weighted by Crippen LogP contribution is -2.55. The van der Waals surface area contributed by atoms with Crippen molar-refractivity contribution in [2.75, 3.05) is 31.1 Å². The number of amidine groups is 1. The third kappa shape index (κ3) is 4.37. The molecule has 8 heteroatoms. The van der Waals surface area contributed by atoms with Crippen LogP contribution in [0.4, 0.5) is 5.69 Å². The van der Waals surface area contributed by atoms with Gasteiger partial charge in [0.15, 0.2) is 5.79 Å². The van der Waals surface area contributed by atoms with E-state index in [-0.39, 0.29) is 0 Å². The highest BCUT2D eigenvalue weighted by atomic mass is 16.5. The number of nitrogens with one attached hydrogen (secondary N) is 2. The van der Waals surface area contributed by atoms with E-state index in [0.29, 0.717) is 18.0 Å². The van der Waals surface area contributed by atoms with Gasteiger partial charge in [0.25, 0.3) is 0 Å². The van der Waals surface area contributed by atoms with Crippen LogP contribution in [0.25, 0.3) is 17.0 Å². The Bertz CT molecular complexity index is 1130. The second kappa shape index (κ2) is 8.49. The van der Waals surface area contributed by atoms with E-state index in [4.69, 9.17) is 16.0 Å². The highest BCUT2D eigenvalue weighted by Gasteiger charge is 2.31. The fourth-order valence-electron chi connectivity index (χ4n) is 4.13. The lowest BCUT2D eigenvalue weighted by molar-refractivity contribution is 0.322. The Labute approximate surface area is 187 Å². The van der Waals surface area contributed by atoms with Crippen LogP contribution in [0.15, 0.2) is 76.3 Å². The number of anilines is 1. The van der Waals surface area contributed by atoms with Crippen LogP contribution in [0.1, 0.15) is 11.3 Å². The number of nitrogens with zero attached hydrogens (tertiary/aromatic N) is 3. The van der Waals surface area contributed by atoms with Crippen molar-refractivity contribution < 1.29 is 4.52 Å². The summed E-state index contributed by atoms with van der Waals surface area (Å²) in [5.74, 6) is -0.125. The van der Waals surface area contributed by atoms with E-state index in [0.717, 1.165) is 48.7 Å². The third-order valence-corrected chi connectivity index (χ3v) is 5.70. The standard InChI is InChI=1S/C24H27N7O/c25-23-15-21(18-6-8-19(9-7-18)31-12-10-27-11-13-31)28-24(26,29-23)16-20-14-22(30-32-20)17-4-2-1-3-5-17/h1-9,14-15,27-28H,10-13,16,26H2,(H2,25,29). The van der Waals surface area contributed by atoms with Gasteiger partial charge in [0, 0.05) is 55.3 Å². The third-order valence-electron chi connectivity index (χ3n) is 5.70. The molecule has 0 bridgehead atoms. The summed E-state index contributed by atoms with van der Waals surface area (Å²) in [5.41, 5.74) is 17.5. The molecule has 0 saturated carbocycles. The first-order chi connectivity index (χ1) is 15.6. The molecular formula is C24H27N7O. The Morgan fingerprint density at radius 1 is 1.00 bits per heavy atom. The zero-order valence-electron chi connectivity index (χ0n) is 17.8. The van der Waals surface area contributed by atoms with Crippen LogP contribution in [0.2, 0.25) is 0 Å². The van der Waals surface area contributed by atoms with Crippen molar-refractivity contribution in [1.29, 1.82) is 0 Å². The van der Waals surface area contributed by atoms with E-state index < -0.39 is 5.79 Å². The summed E-state index contributed by atoms with van der Waals surface area (Å²) in [6, 6.07) is 20.2. The second-order valence-electron chi connectivity index (χ2n) is 8.15. The van der Waals surface area contributed by atoms with Gasteiger partial charge < -0.3 is 25.8 Å². The fourth-order valence-corrected chi connectivity index (χ4v) is 4.13. The van der Waals surface area contributed by atoms with Gasteiger partial charge in [-0.05, 0) is 17.7 Å². The first-order valence-corrected chi connectivity index (χ1v) is 10.8. The van der Waals surface area contributed by atoms with Crippen LogP contribution in [0, 0.1) is 0 Å². The summed E-state index contributed by atoms with van der Waals surface area (Å²) in [4.78, 5) is 6.82. The minimum absolute atomic E-state index is 0.309. The van der Waals surface area contributed by atoms with Crippen LogP contribution in [0.3, 0.4) is 0 Å². The van der Waals surface area contributed by atoms with Crippen molar-refractivity contribution in [3.63, 3.8) is 0 Å². The van der Waals surface area contributed by atoms with E-state index in [1.807, 2.05) is 36.4 Å². The average Bonchev–Trinajstić information content (AvgIpc) is 3.27. The lowest BCUT2D eigenvalue weighted by atomic mass is 10.1. The molecule has 1 aromatic heterocycles. The Morgan fingerprint density at radius 2 is 1.75 bits per heavy atom. The minimum atomic E-state index is -1.13. The van der Waals surface area contributed by atoms with Gasteiger partial charge >= 0.3 is 0 Å². The normalized spacial score (nSPS) is 21.0. The van der Waals surface area contributed by atoms with Gasteiger partial charge in [-0.2, -0.15) is 0 Å². The highest BCUT2D eigenvalue weighted by Crippen LogP contribution is 2.25. The predicted octanol–water partition coefficient (Wildman–Crippen LogP) is 1.91. The van der Waals surface area contributed by atoms with E-state index >= 15 is 0 Å². The molecule has 0 spiro atoms. The number of benzene rings is 2. The smallest absolute Gasteiger partial charge is 0.191 e. The topological polar surface area (TPSA) is 118 Å². The van der Waals surface area contributed by atoms with Crippen LogP contribution in [0.5, 0.6) is 0 Å². The van der Waals surface area contributed by atoms with Crippen LogP contribution in [-0.2, 0) is 6.42 Å². The largest absolute Gasteiger partial charge is 0.384 e. The van der Waals surface area contributed by atoms with Gasteiger partial charge in [0.2, 0.25) is 0 Å². The van der Waals surface area contributed by atoms with E-state index in [9.17, 15) is 0 Å². The molecular weight excluding hydrogens is 402 g/mol. The molecule has 3 aromatic rings. The number of nitrogens with two attached hydrogens (primary N) is 2. The Morgan fingerprint density at radius 3 is 2.50 bits per heavy atom. The van der Waals surface area contributed by atoms with E-state index in [1.165, 1.54) is 5.69 Å². The maximum absolute atomic E-state index is 6.58. The molecule has 2 aromatic carbocycles. The van der Waals surface area contributed by atoms with Gasteiger partial charge in [-0.3, -0.25) is 5.73 Å².